The molecule has 3 rings (SSSR count). The number of aryl methyl sites for hydroxylation is 1. The van der Waals surface area contributed by atoms with Crippen LogP contribution in [0, 0.1) is 12.8 Å². The molecule has 1 aliphatic rings. The first kappa shape index (κ1) is 15.7. The molecule has 6 heteroatoms. The van der Waals surface area contributed by atoms with E-state index in [1.807, 2.05) is 24.4 Å². The highest BCUT2D eigenvalue weighted by atomic mass is 32.1. The normalized spacial score (nSPS) is 18.0. The van der Waals surface area contributed by atoms with E-state index in [4.69, 9.17) is 5.11 Å². The number of nitrogens with zero attached hydrogens (tertiary/aromatic N) is 2. The van der Waals surface area contributed by atoms with Crippen LogP contribution in [0.25, 0.3) is 11.3 Å². The third-order valence-electron chi connectivity index (χ3n) is 4.10. The van der Waals surface area contributed by atoms with Crippen LogP contribution in [-0.4, -0.2) is 40.0 Å². The number of carbonyl (C=O) groups excluding carboxylic acids is 1. The number of piperidine rings is 1. The summed E-state index contributed by atoms with van der Waals surface area (Å²) in [4.78, 5) is 29.7. The van der Waals surface area contributed by atoms with Crippen LogP contribution in [0.5, 0.6) is 0 Å². The van der Waals surface area contributed by atoms with Crippen molar-refractivity contribution in [1.29, 1.82) is 0 Å². The van der Waals surface area contributed by atoms with Crippen LogP contribution >= 0.6 is 11.3 Å². The number of carboxylic acids is 1. The van der Waals surface area contributed by atoms with Crippen LogP contribution in [0.4, 0.5) is 0 Å². The number of hydrogen-bond acceptors (Lipinski definition) is 4. The van der Waals surface area contributed by atoms with E-state index in [1.165, 1.54) is 0 Å². The van der Waals surface area contributed by atoms with Crippen molar-refractivity contribution in [3.05, 3.63) is 40.2 Å². The molecule has 1 atom stereocenters. The number of rotatable bonds is 3. The maximum Gasteiger partial charge on any atom is 0.308 e. The maximum atomic E-state index is 12.5. The summed E-state index contributed by atoms with van der Waals surface area (Å²) in [6, 6.07) is 7.36. The second-order valence-electron chi connectivity index (χ2n) is 5.76. The Hall–Kier alpha value is -2.21. The summed E-state index contributed by atoms with van der Waals surface area (Å²) in [5.74, 6) is -1.38. The highest BCUT2D eigenvalue weighted by Gasteiger charge is 2.28. The van der Waals surface area contributed by atoms with Gasteiger partial charge < -0.3 is 10.0 Å². The van der Waals surface area contributed by atoms with Gasteiger partial charge in [0.1, 0.15) is 0 Å². The van der Waals surface area contributed by atoms with Crippen molar-refractivity contribution in [3.8, 4) is 11.3 Å². The van der Waals surface area contributed by atoms with Gasteiger partial charge in [0.25, 0.3) is 5.91 Å². The molecule has 1 amide bonds. The molecule has 5 nitrogen and oxygen atoms in total. The minimum Gasteiger partial charge on any atom is -0.481 e. The molecule has 0 aliphatic carbocycles. The second kappa shape index (κ2) is 6.50. The molecule has 1 N–H and O–H groups in total. The fraction of sp³-hybridized carbons (Fsp3) is 0.353. The number of benzene rings is 1. The zero-order valence-electron chi connectivity index (χ0n) is 12.9. The van der Waals surface area contributed by atoms with E-state index in [0.29, 0.717) is 25.1 Å². The van der Waals surface area contributed by atoms with Crippen LogP contribution in [0.15, 0.2) is 29.6 Å². The quantitative estimate of drug-likeness (QED) is 0.939. The van der Waals surface area contributed by atoms with Gasteiger partial charge in [0.05, 0.1) is 16.6 Å². The van der Waals surface area contributed by atoms with Crippen molar-refractivity contribution in [3.63, 3.8) is 0 Å². The third-order valence-corrected chi connectivity index (χ3v) is 4.88. The molecule has 1 aliphatic heterocycles. The van der Waals surface area contributed by atoms with Crippen LogP contribution < -0.4 is 0 Å². The first-order valence-electron chi connectivity index (χ1n) is 7.59. The van der Waals surface area contributed by atoms with Gasteiger partial charge in [0.15, 0.2) is 0 Å². The standard InChI is InChI=1S/C17H18N2O3S/c1-11-18-15(10-23-11)12-4-6-13(7-5-12)16(20)19-8-2-3-14(9-19)17(21)22/h4-7,10,14H,2-3,8-9H2,1H3,(H,21,22). The molecule has 2 aromatic rings. The molecule has 2 heterocycles. The molecule has 120 valence electrons. The maximum absolute atomic E-state index is 12.5. The summed E-state index contributed by atoms with van der Waals surface area (Å²) in [6.07, 6.45) is 1.38. The Morgan fingerprint density at radius 3 is 2.65 bits per heavy atom. The molecule has 1 fully saturated rings. The van der Waals surface area contributed by atoms with E-state index in [9.17, 15) is 9.59 Å². The Kier molecular flexibility index (Phi) is 4.43. The van der Waals surface area contributed by atoms with Crippen molar-refractivity contribution in [2.24, 2.45) is 5.92 Å². The molecule has 1 unspecified atom stereocenters. The van der Waals surface area contributed by atoms with Gasteiger partial charge in [-0.1, -0.05) is 12.1 Å². The fourth-order valence-electron chi connectivity index (χ4n) is 2.83. The minimum absolute atomic E-state index is 0.100. The van der Waals surface area contributed by atoms with Gasteiger partial charge in [-0.25, -0.2) is 4.98 Å². The average molecular weight is 330 g/mol. The van der Waals surface area contributed by atoms with Crippen LogP contribution in [-0.2, 0) is 4.79 Å². The monoisotopic (exact) mass is 330 g/mol. The van der Waals surface area contributed by atoms with E-state index in [-0.39, 0.29) is 5.91 Å². The molecule has 0 spiro atoms. The predicted molar refractivity (Wildman–Crippen MR) is 88.6 cm³/mol. The lowest BCUT2D eigenvalue weighted by Crippen LogP contribution is -2.42. The number of likely N-dealkylation sites (tertiary alicyclic amines) is 1. The number of amides is 1. The van der Waals surface area contributed by atoms with Crippen LogP contribution in [0.3, 0.4) is 0 Å². The minimum atomic E-state index is -0.822. The second-order valence-corrected chi connectivity index (χ2v) is 6.82. The summed E-state index contributed by atoms with van der Waals surface area (Å²) in [7, 11) is 0. The Morgan fingerprint density at radius 2 is 2.04 bits per heavy atom. The number of carbonyl (C=O) groups is 2. The molecule has 23 heavy (non-hydrogen) atoms. The molecular weight excluding hydrogens is 312 g/mol. The number of hydrogen-bond donors (Lipinski definition) is 1. The SMILES string of the molecule is Cc1nc(-c2ccc(C(=O)N3CCCC(C(=O)O)C3)cc2)cs1. The predicted octanol–water partition coefficient (Wildman–Crippen LogP) is 3.06. The highest BCUT2D eigenvalue weighted by molar-refractivity contribution is 7.09. The van der Waals surface area contributed by atoms with E-state index in [2.05, 4.69) is 4.98 Å². The van der Waals surface area contributed by atoms with Gasteiger partial charge in [0, 0.05) is 29.6 Å². The number of aromatic nitrogens is 1. The van der Waals surface area contributed by atoms with E-state index in [0.717, 1.165) is 22.7 Å². The molecule has 0 saturated carbocycles. The molecule has 1 aromatic carbocycles. The van der Waals surface area contributed by atoms with Crippen molar-refractivity contribution < 1.29 is 14.7 Å². The summed E-state index contributed by atoms with van der Waals surface area (Å²) >= 11 is 1.59. The van der Waals surface area contributed by atoms with Gasteiger partial charge in [-0.05, 0) is 31.9 Å². The lowest BCUT2D eigenvalue weighted by molar-refractivity contribution is -0.143. The molecule has 0 bridgehead atoms. The van der Waals surface area contributed by atoms with Crippen LogP contribution in [0.1, 0.15) is 28.2 Å². The fourth-order valence-corrected chi connectivity index (χ4v) is 3.45. The highest BCUT2D eigenvalue weighted by Crippen LogP contribution is 2.23. The lowest BCUT2D eigenvalue weighted by atomic mass is 9.97. The molecule has 1 aromatic heterocycles. The van der Waals surface area contributed by atoms with E-state index in [1.54, 1.807) is 28.4 Å². The van der Waals surface area contributed by atoms with Crippen molar-refractivity contribution in [2.75, 3.05) is 13.1 Å². The zero-order valence-corrected chi connectivity index (χ0v) is 13.7. The summed E-state index contributed by atoms with van der Waals surface area (Å²) in [5, 5.41) is 12.1. The van der Waals surface area contributed by atoms with Crippen LogP contribution in [0.2, 0.25) is 0 Å². The van der Waals surface area contributed by atoms with E-state index < -0.39 is 11.9 Å². The number of thiazole rings is 1. The first-order valence-corrected chi connectivity index (χ1v) is 8.47. The largest absolute Gasteiger partial charge is 0.481 e. The first-order chi connectivity index (χ1) is 11.0. The Morgan fingerprint density at radius 1 is 1.30 bits per heavy atom. The Labute approximate surface area is 138 Å². The van der Waals surface area contributed by atoms with Crippen molar-refractivity contribution >= 4 is 23.2 Å². The molecule has 1 saturated heterocycles. The zero-order chi connectivity index (χ0) is 16.4. The topological polar surface area (TPSA) is 70.5 Å². The molecule has 0 radical (unpaired) electrons. The molecular formula is C17H18N2O3S. The summed E-state index contributed by atoms with van der Waals surface area (Å²) in [5.41, 5.74) is 2.48. The van der Waals surface area contributed by atoms with Crippen molar-refractivity contribution in [1.82, 2.24) is 9.88 Å². The summed E-state index contributed by atoms with van der Waals surface area (Å²) < 4.78 is 0. The lowest BCUT2D eigenvalue weighted by Gasteiger charge is -2.30. The van der Waals surface area contributed by atoms with Gasteiger partial charge in [-0.2, -0.15) is 0 Å². The number of aliphatic carboxylic acids is 1. The van der Waals surface area contributed by atoms with Gasteiger partial charge in [0.2, 0.25) is 0 Å². The van der Waals surface area contributed by atoms with Gasteiger partial charge in [-0.3, -0.25) is 9.59 Å². The van der Waals surface area contributed by atoms with Crippen molar-refractivity contribution in [2.45, 2.75) is 19.8 Å². The Bertz CT molecular complexity index is 724. The Balaban J connectivity index is 1.74. The summed E-state index contributed by atoms with van der Waals surface area (Å²) in [6.45, 7) is 2.87. The smallest absolute Gasteiger partial charge is 0.308 e. The van der Waals surface area contributed by atoms with Gasteiger partial charge >= 0.3 is 5.97 Å². The van der Waals surface area contributed by atoms with Gasteiger partial charge in [-0.15, -0.1) is 11.3 Å². The number of carboxylic acid groups (broad SMARTS) is 1. The van der Waals surface area contributed by atoms with E-state index >= 15 is 0 Å². The third kappa shape index (κ3) is 3.42. The average Bonchev–Trinajstić information content (AvgIpc) is 3.01.